The maximum atomic E-state index is 13.0. The van der Waals surface area contributed by atoms with E-state index in [9.17, 15) is 9.18 Å². The van der Waals surface area contributed by atoms with Crippen LogP contribution in [0, 0.1) is 11.7 Å². The highest BCUT2D eigenvalue weighted by Gasteiger charge is 2.31. The molecule has 1 saturated carbocycles. The standard InChI is InChI=1S/C10H9FO2/c11-8-3-1-2-4-9(8)13-10(12)7-5-6-7/h1-4,7H,5-6H2. The molecule has 0 heterocycles. The average Bonchev–Trinajstić information content (AvgIpc) is 2.91. The molecule has 1 aromatic carbocycles. The molecule has 0 atom stereocenters. The van der Waals surface area contributed by atoms with Crippen molar-refractivity contribution in [2.45, 2.75) is 12.8 Å². The van der Waals surface area contributed by atoms with E-state index in [0.717, 1.165) is 12.8 Å². The van der Waals surface area contributed by atoms with Crippen LogP contribution in [0.1, 0.15) is 12.8 Å². The lowest BCUT2D eigenvalue weighted by atomic mass is 10.3. The first-order chi connectivity index (χ1) is 6.27. The highest BCUT2D eigenvalue weighted by atomic mass is 19.1. The van der Waals surface area contributed by atoms with Crippen molar-refractivity contribution >= 4 is 5.97 Å². The fourth-order valence-electron chi connectivity index (χ4n) is 1.04. The zero-order valence-electron chi connectivity index (χ0n) is 7.00. The predicted octanol–water partition coefficient (Wildman–Crippen LogP) is 2.14. The number of para-hydroxylation sites is 1. The Hall–Kier alpha value is -1.38. The molecule has 3 heteroatoms. The summed E-state index contributed by atoms with van der Waals surface area (Å²) in [5, 5.41) is 0. The second-order valence-corrected chi connectivity index (χ2v) is 3.13. The Balaban J connectivity index is 2.08. The number of hydrogen-bond acceptors (Lipinski definition) is 2. The quantitative estimate of drug-likeness (QED) is 0.514. The molecule has 1 aliphatic rings. The van der Waals surface area contributed by atoms with E-state index in [1.165, 1.54) is 12.1 Å². The molecule has 1 fully saturated rings. The third-order valence-electron chi connectivity index (χ3n) is 1.96. The molecule has 2 rings (SSSR count). The van der Waals surface area contributed by atoms with Crippen molar-refractivity contribution < 1.29 is 13.9 Å². The van der Waals surface area contributed by atoms with Crippen molar-refractivity contribution in [3.8, 4) is 5.75 Å². The molecule has 1 aromatic rings. The van der Waals surface area contributed by atoms with Gasteiger partial charge in [-0.15, -0.1) is 0 Å². The minimum absolute atomic E-state index is 0.000365. The van der Waals surface area contributed by atoms with E-state index >= 15 is 0 Å². The van der Waals surface area contributed by atoms with Gasteiger partial charge in [0.25, 0.3) is 0 Å². The maximum absolute atomic E-state index is 13.0. The lowest BCUT2D eigenvalue weighted by molar-refractivity contribution is -0.136. The van der Waals surface area contributed by atoms with Crippen LogP contribution in [0.2, 0.25) is 0 Å². The molecule has 0 bridgehead atoms. The van der Waals surface area contributed by atoms with Crippen LogP contribution in [0.3, 0.4) is 0 Å². The lowest BCUT2D eigenvalue weighted by Gasteiger charge is -2.02. The Morgan fingerprint density at radius 3 is 2.69 bits per heavy atom. The second kappa shape index (κ2) is 3.17. The molecule has 0 spiro atoms. The first-order valence-electron chi connectivity index (χ1n) is 4.23. The van der Waals surface area contributed by atoms with E-state index in [1.54, 1.807) is 12.1 Å². The van der Waals surface area contributed by atoms with E-state index in [1.807, 2.05) is 0 Å². The largest absolute Gasteiger partial charge is 0.423 e. The number of halogens is 1. The number of carbonyl (C=O) groups excluding carboxylic acids is 1. The van der Waals surface area contributed by atoms with Crippen molar-refractivity contribution in [3.63, 3.8) is 0 Å². The highest BCUT2D eigenvalue weighted by Crippen LogP contribution is 2.31. The van der Waals surface area contributed by atoms with Crippen LogP contribution < -0.4 is 4.74 Å². The van der Waals surface area contributed by atoms with Gasteiger partial charge in [0.15, 0.2) is 11.6 Å². The van der Waals surface area contributed by atoms with Crippen molar-refractivity contribution in [3.05, 3.63) is 30.1 Å². The summed E-state index contributed by atoms with van der Waals surface area (Å²) in [6.07, 6.45) is 1.74. The summed E-state index contributed by atoms with van der Waals surface area (Å²) in [5.41, 5.74) is 0. The van der Waals surface area contributed by atoms with Gasteiger partial charge < -0.3 is 4.74 Å². The molecule has 0 aromatic heterocycles. The van der Waals surface area contributed by atoms with Crippen LogP contribution >= 0.6 is 0 Å². The molecule has 0 aliphatic heterocycles. The first kappa shape index (κ1) is 8.23. The first-order valence-corrected chi connectivity index (χ1v) is 4.23. The lowest BCUT2D eigenvalue weighted by Crippen LogP contribution is -2.10. The predicted molar refractivity (Wildman–Crippen MR) is 44.8 cm³/mol. The van der Waals surface area contributed by atoms with Gasteiger partial charge in [0.05, 0.1) is 5.92 Å². The number of esters is 1. The van der Waals surface area contributed by atoms with Gasteiger partial charge >= 0.3 is 5.97 Å². The van der Waals surface area contributed by atoms with Gasteiger partial charge in [0.2, 0.25) is 0 Å². The fraction of sp³-hybridized carbons (Fsp3) is 0.300. The Labute approximate surface area is 75.3 Å². The van der Waals surface area contributed by atoms with E-state index in [4.69, 9.17) is 4.74 Å². The van der Waals surface area contributed by atoms with Gasteiger partial charge in [-0.3, -0.25) is 4.79 Å². The van der Waals surface area contributed by atoms with E-state index in [2.05, 4.69) is 0 Å². The van der Waals surface area contributed by atoms with E-state index in [-0.39, 0.29) is 17.6 Å². The van der Waals surface area contributed by atoms with Gasteiger partial charge in [-0.05, 0) is 25.0 Å². The number of rotatable bonds is 2. The maximum Gasteiger partial charge on any atom is 0.314 e. The molecule has 0 radical (unpaired) electrons. The van der Waals surface area contributed by atoms with Gasteiger partial charge in [0, 0.05) is 0 Å². The molecule has 0 unspecified atom stereocenters. The van der Waals surface area contributed by atoms with Crippen molar-refractivity contribution in [2.24, 2.45) is 5.92 Å². The topological polar surface area (TPSA) is 26.3 Å². The van der Waals surface area contributed by atoms with E-state index in [0.29, 0.717) is 0 Å². The molecule has 13 heavy (non-hydrogen) atoms. The monoisotopic (exact) mass is 180 g/mol. The number of hydrogen-bond donors (Lipinski definition) is 0. The van der Waals surface area contributed by atoms with Crippen LogP contribution in [0.5, 0.6) is 5.75 Å². The third kappa shape index (κ3) is 1.86. The third-order valence-corrected chi connectivity index (χ3v) is 1.96. The summed E-state index contributed by atoms with van der Waals surface area (Å²) in [4.78, 5) is 11.1. The van der Waals surface area contributed by atoms with Gasteiger partial charge in [-0.2, -0.15) is 0 Å². The Bertz CT molecular complexity index is 331. The zero-order valence-corrected chi connectivity index (χ0v) is 7.00. The smallest absolute Gasteiger partial charge is 0.314 e. The van der Waals surface area contributed by atoms with Crippen LogP contribution in [0.4, 0.5) is 4.39 Å². The molecule has 0 N–H and O–H groups in total. The number of ether oxygens (including phenoxy) is 1. The van der Waals surface area contributed by atoms with Crippen LogP contribution in [-0.2, 0) is 4.79 Å². The Kier molecular flexibility index (Phi) is 2.00. The second-order valence-electron chi connectivity index (χ2n) is 3.13. The molecule has 68 valence electrons. The fourth-order valence-corrected chi connectivity index (χ4v) is 1.04. The molecule has 2 nitrogen and oxygen atoms in total. The zero-order chi connectivity index (χ0) is 9.26. The summed E-state index contributed by atoms with van der Waals surface area (Å²) in [6, 6.07) is 5.92. The summed E-state index contributed by atoms with van der Waals surface area (Å²) in [5.74, 6) is -0.777. The number of benzene rings is 1. The number of carbonyl (C=O) groups is 1. The summed E-state index contributed by atoms with van der Waals surface area (Å²) < 4.78 is 17.8. The Morgan fingerprint density at radius 1 is 1.38 bits per heavy atom. The minimum Gasteiger partial charge on any atom is -0.423 e. The van der Waals surface area contributed by atoms with Gasteiger partial charge in [0.1, 0.15) is 0 Å². The van der Waals surface area contributed by atoms with Crippen LogP contribution in [0.15, 0.2) is 24.3 Å². The summed E-state index contributed by atoms with van der Waals surface area (Å²) in [7, 11) is 0. The molecule has 0 saturated heterocycles. The normalized spacial score (nSPS) is 15.5. The molecular weight excluding hydrogens is 171 g/mol. The highest BCUT2D eigenvalue weighted by molar-refractivity contribution is 5.77. The minimum atomic E-state index is -0.489. The van der Waals surface area contributed by atoms with Crippen molar-refractivity contribution in [2.75, 3.05) is 0 Å². The summed E-state index contributed by atoms with van der Waals surface area (Å²) in [6.45, 7) is 0. The molecule has 0 amide bonds. The van der Waals surface area contributed by atoms with Crippen LogP contribution in [-0.4, -0.2) is 5.97 Å². The Morgan fingerprint density at radius 2 is 2.08 bits per heavy atom. The van der Waals surface area contributed by atoms with E-state index < -0.39 is 5.82 Å². The van der Waals surface area contributed by atoms with Crippen LogP contribution in [0.25, 0.3) is 0 Å². The van der Waals surface area contributed by atoms with Gasteiger partial charge in [-0.1, -0.05) is 12.1 Å². The van der Waals surface area contributed by atoms with Crippen molar-refractivity contribution in [1.82, 2.24) is 0 Å². The van der Waals surface area contributed by atoms with Crippen molar-refractivity contribution in [1.29, 1.82) is 0 Å². The SMILES string of the molecule is O=C(Oc1ccccc1F)C1CC1. The molecular formula is C10H9FO2. The average molecular weight is 180 g/mol. The molecule has 1 aliphatic carbocycles. The van der Waals surface area contributed by atoms with Gasteiger partial charge in [-0.25, -0.2) is 4.39 Å². The summed E-state index contributed by atoms with van der Waals surface area (Å²) >= 11 is 0.